The number of fused-ring (bicyclic) bond motifs is 1. The van der Waals surface area contributed by atoms with Gasteiger partial charge in [0.25, 0.3) is 0 Å². The Balaban J connectivity index is 2.02. The number of rotatable bonds is 10. The summed E-state index contributed by atoms with van der Waals surface area (Å²) < 4.78 is 21.8. The third kappa shape index (κ3) is 5.13. The number of aryl methyl sites for hydroxylation is 1. The maximum atomic E-state index is 6.27. The minimum Gasteiger partial charge on any atom is -0.487 e. The SMILES string of the molecule is CCc1cccc(-c2nc(N)c3cc(OCCOC)c(OCCOC)cc3n2)c1. The van der Waals surface area contributed by atoms with Gasteiger partial charge in [-0.1, -0.05) is 25.1 Å². The molecule has 0 saturated heterocycles. The predicted molar refractivity (Wildman–Crippen MR) is 114 cm³/mol. The molecule has 0 aliphatic carbocycles. The molecule has 0 aliphatic heterocycles. The number of benzene rings is 2. The first-order valence-corrected chi connectivity index (χ1v) is 9.60. The van der Waals surface area contributed by atoms with E-state index in [-0.39, 0.29) is 0 Å². The lowest BCUT2D eigenvalue weighted by atomic mass is 10.1. The molecule has 0 bridgehead atoms. The zero-order valence-electron chi connectivity index (χ0n) is 17.1. The molecule has 7 nitrogen and oxygen atoms in total. The van der Waals surface area contributed by atoms with Gasteiger partial charge in [-0.2, -0.15) is 0 Å². The molecule has 1 heterocycles. The van der Waals surface area contributed by atoms with Crippen LogP contribution in [0, 0.1) is 0 Å². The van der Waals surface area contributed by atoms with Crippen molar-refractivity contribution in [3.63, 3.8) is 0 Å². The first-order chi connectivity index (χ1) is 14.2. The van der Waals surface area contributed by atoms with Crippen molar-refractivity contribution in [3.05, 3.63) is 42.0 Å². The summed E-state index contributed by atoms with van der Waals surface area (Å²) in [6.45, 7) is 3.84. The van der Waals surface area contributed by atoms with Gasteiger partial charge in [0.1, 0.15) is 19.0 Å². The Labute approximate surface area is 170 Å². The summed E-state index contributed by atoms with van der Waals surface area (Å²) in [6.07, 6.45) is 0.941. The number of ether oxygens (including phenoxy) is 4. The van der Waals surface area contributed by atoms with Crippen molar-refractivity contribution in [3.8, 4) is 22.9 Å². The van der Waals surface area contributed by atoms with Crippen molar-refractivity contribution in [1.29, 1.82) is 0 Å². The molecule has 0 saturated carbocycles. The molecule has 2 aromatic carbocycles. The fraction of sp³-hybridized carbons (Fsp3) is 0.364. The summed E-state index contributed by atoms with van der Waals surface area (Å²) in [6, 6.07) is 11.8. The van der Waals surface area contributed by atoms with Gasteiger partial charge in [0.15, 0.2) is 17.3 Å². The first-order valence-electron chi connectivity index (χ1n) is 9.60. The second kappa shape index (κ2) is 10.0. The van der Waals surface area contributed by atoms with Gasteiger partial charge in [0.2, 0.25) is 0 Å². The Morgan fingerprint density at radius 1 is 0.862 bits per heavy atom. The van der Waals surface area contributed by atoms with Crippen molar-refractivity contribution in [2.45, 2.75) is 13.3 Å². The van der Waals surface area contributed by atoms with E-state index in [0.29, 0.717) is 60.5 Å². The van der Waals surface area contributed by atoms with Crippen LogP contribution in [0.5, 0.6) is 11.5 Å². The number of hydrogen-bond donors (Lipinski definition) is 1. The molecule has 154 valence electrons. The van der Waals surface area contributed by atoms with Crippen LogP contribution < -0.4 is 15.2 Å². The molecule has 3 rings (SSSR count). The fourth-order valence-electron chi connectivity index (χ4n) is 2.92. The molecule has 0 atom stereocenters. The van der Waals surface area contributed by atoms with Crippen LogP contribution in [-0.4, -0.2) is 50.6 Å². The number of anilines is 1. The van der Waals surface area contributed by atoms with Gasteiger partial charge >= 0.3 is 0 Å². The minimum absolute atomic E-state index is 0.394. The Morgan fingerprint density at radius 3 is 2.21 bits per heavy atom. The summed E-state index contributed by atoms with van der Waals surface area (Å²) >= 11 is 0. The topological polar surface area (TPSA) is 88.7 Å². The molecule has 0 spiro atoms. The van der Waals surface area contributed by atoms with Crippen LogP contribution in [0.2, 0.25) is 0 Å². The third-order valence-electron chi connectivity index (χ3n) is 4.47. The average Bonchev–Trinajstić information content (AvgIpc) is 2.74. The maximum absolute atomic E-state index is 6.27. The zero-order chi connectivity index (χ0) is 20.6. The van der Waals surface area contributed by atoms with Crippen LogP contribution in [0.1, 0.15) is 12.5 Å². The lowest BCUT2D eigenvalue weighted by molar-refractivity contribution is 0.132. The zero-order valence-corrected chi connectivity index (χ0v) is 17.1. The standard InChI is InChI=1S/C22H27N3O4/c1-4-15-6-5-7-16(12-15)22-24-18-14-20(29-11-9-27-3)19(28-10-8-26-2)13-17(18)21(23)25-22/h5-7,12-14H,4,8-11H2,1-3H3,(H2,23,24,25). The highest BCUT2D eigenvalue weighted by molar-refractivity contribution is 5.92. The van der Waals surface area contributed by atoms with Gasteiger partial charge in [0.05, 0.1) is 18.7 Å². The smallest absolute Gasteiger partial charge is 0.163 e. The molecule has 0 aliphatic rings. The molecule has 0 radical (unpaired) electrons. The van der Waals surface area contributed by atoms with E-state index >= 15 is 0 Å². The van der Waals surface area contributed by atoms with E-state index in [1.165, 1.54) is 5.56 Å². The highest BCUT2D eigenvalue weighted by Crippen LogP contribution is 2.35. The number of methoxy groups -OCH3 is 2. The van der Waals surface area contributed by atoms with Crippen LogP contribution in [0.25, 0.3) is 22.3 Å². The molecule has 3 aromatic rings. The van der Waals surface area contributed by atoms with Gasteiger partial charge in [-0.05, 0) is 24.1 Å². The summed E-state index contributed by atoms with van der Waals surface area (Å²) in [5, 5.41) is 0.715. The summed E-state index contributed by atoms with van der Waals surface area (Å²) in [5.41, 5.74) is 9.11. The molecule has 0 unspecified atom stereocenters. The van der Waals surface area contributed by atoms with E-state index in [1.807, 2.05) is 24.3 Å². The average molecular weight is 397 g/mol. The summed E-state index contributed by atoms with van der Waals surface area (Å²) in [7, 11) is 3.25. The van der Waals surface area contributed by atoms with Crippen molar-refractivity contribution >= 4 is 16.7 Å². The molecule has 0 fully saturated rings. The molecule has 7 heteroatoms. The van der Waals surface area contributed by atoms with Crippen LogP contribution >= 0.6 is 0 Å². The van der Waals surface area contributed by atoms with Crippen LogP contribution in [-0.2, 0) is 15.9 Å². The normalized spacial score (nSPS) is 11.0. The van der Waals surface area contributed by atoms with Crippen molar-refractivity contribution in [2.75, 3.05) is 46.4 Å². The number of nitrogens with two attached hydrogens (primary N) is 1. The van der Waals surface area contributed by atoms with Gasteiger partial charge in [-0.3, -0.25) is 0 Å². The Bertz CT molecular complexity index is 962. The van der Waals surface area contributed by atoms with E-state index in [4.69, 9.17) is 29.7 Å². The van der Waals surface area contributed by atoms with Crippen molar-refractivity contribution in [1.82, 2.24) is 9.97 Å². The second-order valence-corrected chi connectivity index (χ2v) is 6.48. The molecule has 2 N–H and O–H groups in total. The highest BCUT2D eigenvalue weighted by atomic mass is 16.5. The maximum Gasteiger partial charge on any atom is 0.163 e. The van der Waals surface area contributed by atoms with Gasteiger partial charge in [-0.15, -0.1) is 0 Å². The van der Waals surface area contributed by atoms with E-state index in [1.54, 1.807) is 14.2 Å². The van der Waals surface area contributed by atoms with Crippen LogP contribution in [0.3, 0.4) is 0 Å². The van der Waals surface area contributed by atoms with Gasteiger partial charge in [0, 0.05) is 31.2 Å². The lowest BCUT2D eigenvalue weighted by Crippen LogP contribution is -2.09. The highest BCUT2D eigenvalue weighted by Gasteiger charge is 2.14. The van der Waals surface area contributed by atoms with Gasteiger partial charge < -0.3 is 24.7 Å². The van der Waals surface area contributed by atoms with Crippen LogP contribution in [0.4, 0.5) is 5.82 Å². The number of hydrogen-bond acceptors (Lipinski definition) is 7. The second-order valence-electron chi connectivity index (χ2n) is 6.48. The largest absolute Gasteiger partial charge is 0.487 e. The van der Waals surface area contributed by atoms with Gasteiger partial charge in [-0.25, -0.2) is 9.97 Å². The number of aromatic nitrogens is 2. The number of nitrogen functional groups attached to an aromatic ring is 1. The monoisotopic (exact) mass is 397 g/mol. The number of nitrogens with zero attached hydrogens (tertiary/aromatic N) is 2. The lowest BCUT2D eigenvalue weighted by Gasteiger charge is -2.15. The summed E-state index contributed by atoms with van der Waals surface area (Å²) in [5.74, 6) is 2.13. The van der Waals surface area contributed by atoms with Crippen LogP contribution in [0.15, 0.2) is 36.4 Å². The fourth-order valence-corrected chi connectivity index (χ4v) is 2.92. The Morgan fingerprint density at radius 2 is 1.55 bits per heavy atom. The predicted octanol–water partition coefficient (Wildman–Crippen LogP) is 3.49. The van der Waals surface area contributed by atoms with E-state index in [2.05, 4.69) is 24.0 Å². The molecule has 1 aromatic heterocycles. The molecular weight excluding hydrogens is 370 g/mol. The van der Waals surface area contributed by atoms with E-state index < -0.39 is 0 Å². The molecule has 29 heavy (non-hydrogen) atoms. The minimum atomic E-state index is 0.394. The molecular formula is C22H27N3O4. The summed E-state index contributed by atoms with van der Waals surface area (Å²) in [4.78, 5) is 9.24. The van der Waals surface area contributed by atoms with E-state index in [9.17, 15) is 0 Å². The Hall–Kier alpha value is -2.90. The first kappa shape index (κ1) is 20.8. The van der Waals surface area contributed by atoms with E-state index in [0.717, 1.165) is 12.0 Å². The third-order valence-corrected chi connectivity index (χ3v) is 4.47. The van der Waals surface area contributed by atoms with Crippen molar-refractivity contribution in [2.24, 2.45) is 0 Å². The quantitative estimate of drug-likeness (QED) is 0.524. The Kier molecular flexibility index (Phi) is 7.21. The molecule has 0 amide bonds. The van der Waals surface area contributed by atoms with Crippen molar-refractivity contribution < 1.29 is 18.9 Å².